The zero-order valence-corrected chi connectivity index (χ0v) is 11.3. The van der Waals surface area contributed by atoms with E-state index in [9.17, 15) is 18.5 Å². The molecule has 0 aliphatic heterocycles. The fourth-order valence-corrected chi connectivity index (χ4v) is 2.74. The number of nitrogens with two attached hydrogens (primary N) is 1. The molecule has 1 heterocycles. The van der Waals surface area contributed by atoms with Gasteiger partial charge in [-0.2, -0.15) is 0 Å². The number of nitro benzene ring substituents is 1. The molecule has 2 rings (SSSR count). The summed E-state index contributed by atoms with van der Waals surface area (Å²) in [6, 6.07) is 4.90. The zero-order valence-electron chi connectivity index (χ0n) is 10.5. The summed E-state index contributed by atoms with van der Waals surface area (Å²) in [5, 5.41) is 14.5. The molecular formula is C10H11N5O5S. The van der Waals surface area contributed by atoms with Gasteiger partial charge in [0, 0.05) is 12.1 Å². The molecule has 2 aromatic rings. The monoisotopic (exact) mass is 313 g/mol. The van der Waals surface area contributed by atoms with Crippen LogP contribution in [0.2, 0.25) is 0 Å². The summed E-state index contributed by atoms with van der Waals surface area (Å²) < 4.78 is 31.1. The third kappa shape index (κ3) is 3.34. The third-order valence-electron chi connectivity index (χ3n) is 2.55. The summed E-state index contributed by atoms with van der Waals surface area (Å²) in [7, 11) is -4.11. The van der Waals surface area contributed by atoms with E-state index in [0.717, 1.165) is 12.1 Å². The van der Waals surface area contributed by atoms with Gasteiger partial charge in [0.1, 0.15) is 6.26 Å². The highest BCUT2D eigenvalue weighted by Gasteiger charge is 2.26. The number of nitrogens with one attached hydrogen (secondary N) is 2. The highest BCUT2D eigenvalue weighted by atomic mass is 32.2. The Morgan fingerprint density at radius 2 is 2.14 bits per heavy atom. The molecule has 0 radical (unpaired) electrons. The molecule has 0 aliphatic carbocycles. The van der Waals surface area contributed by atoms with Crippen LogP contribution in [0.4, 0.5) is 11.4 Å². The van der Waals surface area contributed by atoms with Gasteiger partial charge in [0.2, 0.25) is 10.0 Å². The normalized spacial score (nSPS) is 11.3. The highest BCUT2D eigenvalue weighted by molar-refractivity contribution is 7.89. The second kappa shape index (κ2) is 5.87. The number of anilines is 1. The van der Waals surface area contributed by atoms with Gasteiger partial charge in [0.05, 0.1) is 22.8 Å². The number of hydrogen-bond acceptors (Lipinski definition) is 8. The van der Waals surface area contributed by atoms with E-state index in [0.29, 0.717) is 5.69 Å². The summed E-state index contributed by atoms with van der Waals surface area (Å²) in [4.78, 5) is 9.65. The smallest absolute Gasteiger partial charge is 0.289 e. The molecule has 4 N–H and O–H groups in total. The summed E-state index contributed by atoms with van der Waals surface area (Å²) in [5.41, 5.74) is 2.25. The van der Waals surface area contributed by atoms with Crippen molar-refractivity contribution in [3.8, 4) is 0 Å². The van der Waals surface area contributed by atoms with Crippen molar-refractivity contribution in [2.45, 2.75) is 11.4 Å². The van der Waals surface area contributed by atoms with E-state index in [1.807, 2.05) is 0 Å². The van der Waals surface area contributed by atoms with Gasteiger partial charge >= 0.3 is 0 Å². The molecule has 0 atom stereocenters. The van der Waals surface area contributed by atoms with E-state index in [-0.39, 0.29) is 12.2 Å². The van der Waals surface area contributed by atoms with Crippen LogP contribution in [0.1, 0.15) is 5.69 Å². The van der Waals surface area contributed by atoms with Gasteiger partial charge < -0.3 is 9.95 Å². The Bertz CT molecular complexity index is 743. The molecular weight excluding hydrogens is 302 g/mol. The third-order valence-corrected chi connectivity index (χ3v) is 3.98. The summed E-state index contributed by atoms with van der Waals surface area (Å²) in [6.07, 6.45) is 1.28. The van der Waals surface area contributed by atoms with Crippen molar-refractivity contribution >= 4 is 21.4 Å². The molecule has 1 aromatic carbocycles. The van der Waals surface area contributed by atoms with E-state index in [4.69, 9.17) is 5.84 Å². The predicted octanol–water partition coefficient (Wildman–Crippen LogP) is 0.347. The Hall–Kier alpha value is -2.50. The Morgan fingerprint density at radius 1 is 1.38 bits per heavy atom. The number of rotatable bonds is 6. The van der Waals surface area contributed by atoms with Crippen molar-refractivity contribution in [3.05, 3.63) is 46.3 Å². The first-order chi connectivity index (χ1) is 9.94. The molecule has 112 valence electrons. The topological polar surface area (TPSA) is 153 Å². The van der Waals surface area contributed by atoms with E-state index in [1.165, 1.54) is 18.4 Å². The van der Waals surface area contributed by atoms with Gasteiger partial charge in [-0.25, -0.2) is 13.1 Å². The quantitative estimate of drug-likeness (QED) is 0.392. The standard InChI is InChI=1S/C10H11N5O5S/c11-13-7-1-2-9(15(16)17)10(5-7)21(18,19)12-6-8-3-4-20-14-8/h1-5,12-13H,6,11H2. The molecule has 0 aliphatic rings. The number of hydrogen-bond donors (Lipinski definition) is 3. The van der Waals surface area contributed by atoms with Gasteiger partial charge in [0.15, 0.2) is 4.90 Å². The van der Waals surface area contributed by atoms with E-state index in [2.05, 4.69) is 19.8 Å². The SMILES string of the molecule is NNc1ccc([N+](=O)[O-])c(S(=O)(=O)NCc2ccon2)c1. The van der Waals surface area contributed by atoms with Crippen LogP contribution in [0.15, 0.2) is 39.9 Å². The molecule has 0 unspecified atom stereocenters. The Labute approximate surface area is 119 Å². The van der Waals surface area contributed by atoms with Crippen LogP contribution in [0.3, 0.4) is 0 Å². The minimum absolute atomic E-state index is 0.156. The van der Waals surface area contributed by atoms with Crippen LogP contribution in [0.25, 0.3) is 0 Å². The number of hydrazine groups is 1. The molecule has 1 aromatic heterocycles. The first kappa shape index (κ1) is 14.9. The van der Waals surface area contributed by atoms with Gasteiger partial charge in [-0.05, 0) is 12.1 Å². The molecule has 0 fully saturated rings. The first-order valence-corrected chi connectivity index (χ1v) is 7.06. The van der Waals surface area contributed by atoms with Crippen LogP contribution in [-0.4, -0.2) is 18.5 Å². The number of nitro groups is 1. The first-order valence-electron chi connectivity index (χ1n) is 5.58. The fraction of sp³-hybridized carbons (Fsp3) is 0.100. The van der Waals surface area contributed by atoms with Crippen molar-refractivity contribution in [1.29, 1.82) is 0 Å². The minimum Gasteiger partial charge on any atom is -0.364 e. The maximum Gasteiger partial charge on any atom is 0.289 e. The second-order valence-electron chi connectivity index (χ2n) is 3.90. The number of nitrogens with zero attached hydrogens (tertiary/aromatic N) is 2. The summed E-state index contributed by atoms with van der Waals surface area (Å²) in [5.74, 6) is 5.18. The zero-order chi connectivity index (χ0) is 15.5. The van der Waals surface area contributed by atoms with Crippen molar-refractivity contribution in [1.82, 2.24) is 9.88 Å². The average molecular weight is 313 g/mol. The van der Waals surface area contributed by atoms with Crippen LogP contribution >= 0.6 is 0 Å². The molecule has 0 spiro atoms. The summed E-state index contributed by atoms with van der Waals surface area (Å²) >= 11 is 0. The van der Waals surface area contributed by atoms with Crippen molar-refractivity contribution < 1.29 is 17.9 Å². The van der Waals surface area contributed by atoms with Crippen molar-refractivity contribution in [2.24, 2.45) is 5.84 Å². The minimum atomic E-state index is -4.11. The maximum atomic E-state index is 12.2. The number of nitrogen functional groups attached to an aromatic ring is 1. The molecule has 11 heteroatoms. The number of benzene rings is 1. The van der Waals surface area contributed by atoms with Crippen molar-refractivity contribution in [2.75, 3.05) is 5.43 Å². The van der Waals surface area contributed by atoms with Gasteiger partial charge in [-0.3, -0.25) is 16.0 Å². The van der Waals surface area contributed by atoms with Crippen LogP contribution < -0.4 is 16.0 Å². The molecule has 0 amide bonds. The van der Waals surface area contributed by atoms with Crippen LogP contribution in [0, 0.1) is 10.1 Å². The fourth-order valence-electron chi connectivity index (χ4n) is 1.55. The van der Waals surface area contributed by atoms with E-state index in [1.54, 1.807) is 0 Å². The molecule has 0 saturated carbocycles. The summed E-state index contributed by atoms with van der Waals surface area (Å²) in [6.45, 7) is -0.156. The maximum absolute atomic E-state index is 12.2. The Morgan fingerprint density at radius 3 is 2.71 bits per heavy atom. The number of aromatic nitrogens is 1. The second-order valence-corrected chi connectivity index (χ2v) is 5.63. The lowest BCUT2D eigenvalue weighted by Crippen LogP contribution is -2.24. The number of sulfonamides is 1. The lowest BCUT2D eigenvalue weighted by Gasteiger charge is -2.08. The largest absolute Gasteiger partial charge is 0.364 e. The molecule has 21 heavy (non-hydrogen) atoms. The Kier molecular flexibility index (Phi) is 4.16. The lowest BCUT2D eigenvalue weighted by molar-refractivity contribution is -0.387. The molecule has 0 bridgehead atoms. The van der Waals surface area contributed by atoms with Gasteiger partial charge in [-0.1, -0.05) is 5.16 Å². The Balaban J connectivity index is 2.35. The predicted molar refractivity (Wildman–Crippen MR) is 71.4 cm³/mol. The lowest BCUT2D eigenvalue weighted by atomic mass is 10.3. The molecule has 0 saturated heterocycles. The average Bonchev–Trinajstić information content (AvgIpc) is 2.98. The van der Waals surface area contributed by atoms with Gasteiger partial charge in [0.25, 0.3) is 5.69 Å². The molecule has 10 nitrogen and oxygen atoms in total. The highest BCUT2D eigenvalue weighted by Crippen LogP contribution is 2.26. The van der Waals surface area contributed by atoms with Crippen LogP contribution in [0.5, 0.6) is 0 Å². The van der Waals surface area contributed by atoms with E-state index < -0.39 is 25.5 Å². The van der Waals surface area contributed by atoms with Crippen LogP contribution in [-0.2, 0) is 16.6 Å². The van der Waals surface area contributed by atoms with Crippen molar-refractivity contribution in [3.63, 3.8) is 0 Å². The van der Waals surface area contributed by atoms with Gasteiger partial charge in [-0.15, -0.1) is 0 Å². The van der Waals surface area contributed by atoms with E-state index >= 15 is 0 Å².